The van der Waals surface area contributed by atoms with E-state index in [-0.39, 0.29) is 18.0 Å². The maximum absolute atomic E-state index is 12.6. The van der Waals surface area contributed by atoms with Gasteiger partial charge in [0.05, 0.1) is 17.2 Å². The van der Waals surface area contributed by atoms with Crippen molar-refractivity contribution < 1.29 is 4.79 Å². The van der Waals surface area contributed by atoms with E-state index in [0.29, 0.717) is 17.4 Å². The summed E-state index contributed by atoms with van der Waals surface area (Å²) in [4.78, 5) is 33.5. The number of hydrogen-bond acceptors (Lipinski definition) is 4. The van der Waals surface area contributed by atoms with Gasteiger partial charge in [-0.1, -0.05) is 12.1 Å². The Morgan fingerprint density at radius 2 is 2.04 bits per heavy atom. The van der Waals surface area contributed by atoms with Gasteiger partial charge in [0.15, 0.2) is 0 Å². The molecule has 0 spiro atoms. The number of likely N-dealkylation sites (N-methyl/N-ethyl adjacent to an activating group) is 1. The van der Waals surface area contributed by atoms with Crippen LogP contribution < -0.4 is 5.56 Å². The molecule has 0 aliphatic carbocycles. The van der Waals surface area contributed by atoms with Gasteiger partial charge in [0.1, 0.15) is 6.54 Å². The number of hydrogen-bond donors (Lipinski definition) is 0. The monoisotopic (exact) mass is 314 g/mol. The van der Waals surface area contributed by atoms with Crippen molar-refractivity contribution in [2.75, 3.05) is 33.2 Å². The molecule has 1 saturated heterocycles. The minimum atomic E-state index is -0.154. The van der Waals surface area contributed by atoms with Gasteiger partial charge in [-0.15, -0.1) is 0 Å². The average Bonchev–Trinajstić information content (AvgIpc) is 2.75. The van der Waals surface area contributed by atoms with Gasteiger partial charge in [0, 0.05) is 19.6 Å². The van der Waals surface area contributed by atoms with Crippen LogP contribution in [0.3, 0.4) is 0 Å². The van der Waals surface area contributed by atoms with E-state index in [1.807, 2.05) is 24.0 Å². The van der Waals surface area contributed by atoms with Crippen LogP contribution >= 0.6 is 0 Å². The molecule has 0 atom stereocenters. The highest BCUT2D eigenvalue weighted by molar-refractivity contribution is 5.81. The van der Waals surface area contributed by atoms with Crippen LogP contribution in [0.1, 0.15) is 12.0 Å². The highest BCUT2D eigenvalue weighted by Gasteiger charge is 2.18. The Morgan fingerprint density at radius 3 is 2.87 bits per heavy atom. The minimum absolute atomic E-state index is 0.0174. The van der Waals surface area contributed by atoms with Crippen molar-refractivity contribution in [2.45, 2.75) is 19.9 Å². The first kappa shape index (κ1) is 15.7. The highest BCUT2D eigenvalue weighted by atomic mass is 16.2. The molecule has 6 nitrogen and oxygen atoms in total. The Labute approximate surface area is 135 Å². The van der Waals surface area contributed by atoms with Crippen LogP contribution in [0, 0.1) is 6.92 Å². The summed E-state index contributed by atoms with van der Waals surface area (Å²) in [6.45, 7) is 5.32. The summed E-state index contributed by atoms with van der Waals surface area (Å²) < 4.78 is 1.42. The summed E-state index contributed by atoms with van der Waals surface area (Å²) in [6.07, 6.45) is 2.45. The zero-order chi connectivity index (χ0) is 16.4. The number of para-hydroxylation sites is 1. The summed E-state index contributed by atoms with van der Waals surface area (Å²) in [5.41, 5.74) is 1.52. The first-order valence-electron chi connectivity index (χ1n) is 7.97. The second-order valence-corrected chi connectivity index (χ2v) is 6.19. The number of fused-ring (bicyclic) bond motifs is 1. The van der Waals surface area contributed by atoms with Gasteiger partial charge in [-0.2, -0.15) is 0 Å². The van der Waals surface area contributed by atoms with Gasteiger partial charge in [0.2, 0.25) is 5.91 Å². The number of amides is 1. The van der Waals surface area contributed by atoms with Crippen molar-refractivity contribution in [1.82, 2.24) is 19.4 Å². The lowest BCUT2D eigenvalue weighted by Crippen LogP contribution is -2.38. The molecule has 0 saturated carbocycles. The van der Waals surface area contributed by atoms with Crippen molar-refractivity contribution in [1.29, 1.82) is 0 Å². The van der Waals surface area contributed by atoms with E-state index in [0.717, 1.165) is 31.6 Å². The molecule has 1 aliphatic heterocycles. The van der Waals surface area contributed by atoms with Gasteiger partial charge < -0.3 is 9.80 Å². The number of carbonyl (C=O) groups excluding carboxylic acids is 1. The first-order valence-corrected chi connectivity index (χ1v) is 7.97. The first-order chi connectivity index (χ1) is 11.1. The number of rotatable bonds is 2. The molecule has 23 heavy (non-hydrogen) atoms. The largest absolute Gasteiger partial charge is 0.340 e. The predicted octanol–water partition coefficient (Wildman–Crippen LogP) is 0.869. The number of benzene rings is 1. The van der Waals surface area contributed by atoms with Crippen LogP contribution in [0.4, 0.5) is 0 Å². The Hall–Kier alpha value is -2.21. The van der Waals surface area contributed by atoms with Crippen LogP contribution in [0.2, 0.25) is 0 Å². The van der Waals surface area contributed by atoms with Crippen LogP contribution in [0.5, 0.6) is 0 Å². The second kappa shape index (κ2) is 6.50. The van der Waals surface area contributed by atoms with Gasteiger partial charge >= 0.3 is 0 Å². The number of nitrogens with zero attached hydrogens (tertiary/aromatic N) is 4. The van der Waals surface area contributed by atoms with Crippen molar-refractivity contribution in [2.24, 2.45) is 0 Å². The maximum Gasteiger partial charge on any atom is 0.261 e. The fourth-order valence-corrected chi connectivity index (χ4v) is 2.99. The van der Waals surface area contributed by atoms with E-state index in [4.69, 9.17) is 0 Å². The van der Waals surface area contributed by atoms with Gasteiger partial charge in [-0.3, -0.25) is 14.2 Å². The van der Waals surface area contributed by atoms with E-state index >= 15 is 0 Å². The molecule has 0 radical (unpaired) electrons. The number of aromatic nitrogens is 2. The molecule has 3 rings (SSSR count). The predicted molar refractivity (Wildman–Crippen MR) is 89.4 cm³/mol. The average molecular weight is 314 g/mol. The zero-order valence-electron chi connectivity index (χ0n) is 13.7. The van der Waals surface area contributed by atoms with Gasteiger partial charge in [0.25, 0.3) is 5.56 Å². The molecule has 1 aromatic carbocycles. The van der Waals surface area contributed by atoms with Crippen molar-refractivity contribution >= 4 is 16.8 Å². The molecule has 6 heteroatoms. The molecule has 0 N–H and O–H groups in total. The molecule has 0 bridgehead atoms. The molecule has 1 amide bonds. The summed E-state index contributed by atoms with van der Waals surface area (Å²) in [6, 6.07) is 5.54. The smallest absolute Gasteiger partial charge is 0.261 e. The fraction of sp³-hybridized carbons (Fsp3) is 0.471. The molecule has 2 aromatic rings. The second-order valence-electron chi connectivity index (χ2n) is 6.19. The Morgan fingerprint density at radius 1 is 1.22 bits per heavy atom. The molecule has 0 unspecified atom stereocenters. The van der Waals surface area contributed by atoms with Crippen LogP contribution in [0.15, 0.2) is 29.3 Å². The minimum Gasteiger partial charge on any atom is -0.340 e. The van der Waals surface area contributed by atoms with Gasteiger partial charge in [-0.05, 0) is 38.6 Å². The van der Waals surface area contributed by atoms with Crippen molar-refractivity contribution in [3.05, 3.63) is 40.4 Å². The SMILES string of the molecule is Cc1cccc2c(=O)n(CC(=O)N3CCCN(C)CC3)cnc12. The van der Waals surface area contributed by atoms with Crippen molar-refractivity contribution in [3.8, 4) is 0 Å². The lowest BCUT2D eigenvalue weighted by Gasteiger charge is -2.21. The topological polar surface area (TPSA) is 58.4 Å². The summed E-state index contributed by atoms with van der Waals surface area (Å²) in [7, 11) is 2.06. The van der Waals surface area contributed by atoms with Crippen LogP contribution in [-0.4, -0.2) is 58.5 Å². The standard InChI is InChI=1S/C17H22N4O2/c1-13-5-3-6-14-16(13)18-12-21(17(14)23)11-15(22)20-8-4-7-19(2)9-10-20/h3,5-6,12H,4,7-11H2,1-2H3. The molecule has 1 aliphatic rings. The summed E-state index contributed by atoms with van der Waals surface area (Å²) in [5, 5.41) is 0.566. The molecular formula is C17H22N4O2. The third-order valence-corrected chi connectivity index (χ3v) is 4.43. The van der Waals surface area contributed by atoms with Gasteiger partial charge in [-0.25, -0.2) is 4.98 Å². The lowest BCUT2D eigenvalue weighted by atomic mass is 10.1. The van der Waals surface area contributed by atoms with Crippen LogP contribution in [0.25, 0.3) is 10.9 Å². The molecule has 1 aromatic heterocycles. The quantitative estimate of drug-likeness (QED) is 0.825. The molecule has 122 valence electrons. The third-order valence-electron chi connectivity index (χ3n) is 4.43. The van der Waals surface area contributed by atoms with E-state index in [1.165, 1.54) is 10.9 Å². The summed E-state index contributed by atoms with van der Waals surface area (Å²) >= 11 is 0. The number of aryl methyl sites for hydroxylation is 1. The van der Waals surface area contributed by atoms with E-state index in [2.05, 4.69) is 16.9 Å². The van der Waals surface area contributed by atoms with E-state index < -0.39 is 0 Å². The Kier molecular flexibility index (Phi) is 4.43. The molecular weight excluding hydrogens is 292 g/mol. The molecule has 2 heterocycles. The fourth-order valence-electron chi connectivity index (χ4n) is 2.99. The summed E-state index contributed by atoms with van der Waals surface area (Å²) in [5.74, 6) is -0.0174. The van der Waals surface area contributed by atoms with E-state index in [1.54, 1.807) is 6.07 Å². The maximum atomic E-state index is 12.6. The Bertz CT molecular complexity index is 784. The highest BCUT2D eigenvalue weighted by Crippen LogP contribution is 2.11. The van der Waals surface area contributed by atoms with Crippen molar-refractivity contribution in [3.63, 3.8) is 0 Å². The zero-order valence-corrected chi connectivity index (χ0v) is 13.7. The molecule has 1 fully saturated rings. The normalized spacial score (nSPS) is 16.5. The van der Waals surface area contributed by atoms with Crippen LogP contribution in [-0.2, 0) is 11.3 Å². The number of carbonyl (C=O) groups is 1. The lowest BCUT2D eigenvalue weighted by molar-refractivity contribution is -0.131. The Balaban J connectivity index is 1.82. The third kappa shape index (κ3) is 3.27. The van der Waals surface area contributed by atoms with E-state index in [9.17, 15) is 9.59 Å².